The molecule has 0 radical (unpaired) electrons. The van der Waals surface area contributed by atoms with Crippen LogP contribution in [0.25, 0.3) is 11.5 Å². The number of rotatable bonds is 13. The van der Waals surface area contributed by atoms with Gasteiger partial charge in [0.1, 0.15) is 17.8 Å². The summed E-state index contributed by atoms with van der Waals surface area (Å²) in [4.78, 5) is 0. The average molecular weight is 430 g/mol. The zero-order valence-corrected chi connectivity index (χ0v) is 17.5. The third kappa shape index (κ3) is 7.68. The van der Waals surface area contributed by atoms with Crippen molar-refractivity contribution < 1.29 is 13.9 Å². The Morgan fingerprint density at radius 1 is 0.933 bits per heavy atom. The van der Waals surface area contributed by atoms with Crippen LogP contribution in [0.5, 0.6) is 11.5 Å². The molecule has 5 N–H and O–H groups in total. The topological polar surface area (TPSA) is 121 Å². The fraction of sp³-hybridized carbons (Fsp3) is 0.333. The Bertz CT molecular complexity index is 859. The highest BCUT2D eigenvalue weighted by Gasteiger charge is 2.09. The van der Waals surface area contributed by atoms with Gasteiger partial charge in [-0.15, -0.1) is 22.0 Å². The van der Waals surface area contributed by atoms with Crippen LogP contribution >= 0.6 is 11.8 Å². The third-order valence-corrected chi connectivity index (χ3v) is 4.91. The molecule has 9 heteroatoms. The van der Waals surface area contributed by atoms with Crippen LogP contribution in [0.1, 0.15) is 12.3 Å². The monoisotopic (exact) mass is 429 g/mol. The first-order valence-corrected chi connectivity index (χ1v) is 10.9. The van der Waals surface area contributed by atoms with E-state index in [0.29, 0.717) is 37.3 Å². The molecule has 0 bridgehead atoms. The average Bonchev–Trinajstić information content (AvgIpc) is 3.23. The number of hydrogen-bond acceptors (Lipinski definition) is 9. The SMILES string of the molecule is NC(N)NCCCOc1ccc(-c2nnc(CSCCOc3ccccc3)o2)cc1. The van der Waals surface area contributed by atoms with Gasteiger partial charge in [-0.05, 0) is 42.8 Å². The second kappa shape index (κ2) is 12.2. The number of nitrogens with zero attached hydrogens (tertiary/aromatic N) is 2. The van der Waals surface area contributed by atoms with Crippen LogP contribution in [0.2, 0.25) is 0 Å². The molecule has 0 aliphatic rings. The lowest BCUT2D eigenvalue weighted by Crippen LogP contribution is -2.45. The van der Waals surface area contributed by atoms with E-state index in [1.54, 1.807) is 11.8 Å². The normalized spacial score (nSPS) is 11.0. The van der Waals surface area contributed by atoms with Crippen molar-refractivity contribution in [2.45, 2.75) is 18.5 Å². The molecule has 30 heavy (non-hydrogen) atoms. The maximum Gasteiger partial charge on any atom is 0.247 e. The smallest absolute Gasteiger partial charge is 0.247 e. The summed E-state index contributed by atoms with van der Waals surface area (Å²) in [5, 5.41) is 11.2. The Balaban J connectivity index is 1.36. The molecule has 3 rings (SSSR count). The molecule has 0 aliphatic carbocycles. The molecule has 0 amide bonds. The highest BCUT2D eigenvalue weighted by atomic mass is 32.2. The van der Waals surface area contributed by atoms with Crippen molar-refractivity contribution in [3.63, 3.8) is 0 Å². The van der Waals surface area contributed by atoms with Crippen molar-refractivity contribution >= 4 is 11.8 Å². The van der Waals surface area contributed by atoms with Gasteiger partial charge in [0.2, 0.25) is 11.8 Å². The quantitative estimate of drug-likeness (QED) is 0.278. The van der Waals surface area contributed by atoms with E-state index in [-0.39, 0.29) is 0 Å². The molecule has 160 valence electrons. The van der Waals surface area contributed by atoms with Crippen LogP contribution in [-0.2, 0) is 5.75 Å². The molecular weight excluding hydrogens is 402 g/mol. The standard InChI is InChI=1S/C21H27N5O3S/c22-21(23)24-11-4-12-27-18-9-7-16(8-10-18)20-26-25-19(29-20)15-30-14-13-28-17-5-2-1-3-6-17/h1-3,5-10,21,24H,4,11-15,22-23H2. The first-order chi connectivity index (χ1) is 14.7. The number of para-hydroxylation sites is 1. The molecule has 1 heterocycles. The highest BCUT2D eigenvalue weighted by Crippen LogP contribution is 2.23. The number of nitrogens with one attached hydrogen (secondary N) is 1. The van der Waals surface area contributed by atoms with E-state index in [4.69, 9.17) is 25.4 Å². The van der Waals surface area contributed by atoms with Crippen LogP contribution < -0.4 is 26.3 Å². The van der Waals surface area contributed by atoms with E-state index in [9.17, 15) is 0 Å². The first-order valence-electron chi connectivity index (χ1n) is 9.76. The fourth-order valence-corrected chi connectivity index (χ4v) is 3.18. The molecule has 0 saturated carbocycles. The molecule has 8 nitrogen and oxygen atoms in total. The van der Waals surface area contributed by atoms with E-state index >= 15 is 0 Å². The number of thioether (sulfide) groups is 1. The zero-order valence-electron chi connectivity index (χ0n) is 16.7. The lowest BCUT2D eigenvalue weighted by Gasteiger charge is -2.09. The van der Waals surface area contributed by atoms with Gasteiger partial charge in [0, 0.05) is 17.9 Å². The van der Waals surface area contributed by atoms with Crippen molar-refractivity contribution in [1.82, 2.24) is 15.5 Å². The van der Waals surface area contributed by atoms with Gasteiger partial charge in [-0.25, -0.2) is 0 Å². The predicted octanol–water partition coefficient (Wildman–Crippen LogP) is 2.61. The van der Waals surface area contributed by atoms with Gasteiger partial charge in [0.15, 0.2) is 0 Å². The lowest BCUT2D eigenvalue weighted by atomic mass is 10.2. The first kappa shape index (κ1) is 22.1. The van der Waals surface area contributed by atoms with Crippen molar-refractivity contribution in [2.24, 2.45) is 11.5 Å². The van der Waals surface area contributed by atoms with Crippen molar-refractivity contribution in [3.05, 3.63) is 60.5 Å². The number of nitrogens with two attached hydrogens (primary N) is 2. The van der Waals surface area contributed by atoms with Crippen molar-refractivity contribution in [2.75, 3.05) is 25.5 Å². The summed E-state index contributed by atoms with van der Waals surface area (Å²) >= 11 is 1.69. The molecular formula is C21H27N5O3S. The Hall–Kier alpha value is -2.59. The minimum atomic E-state index is -0.496. The van der Waals surface area contributed by atoms with Gasteiger partial charge in [-0.1, -0.05) is 18.2 Å². The molecule has 0 atom stereocenters. The van der Waals surface area contributed by atoms with E-state index in [1.165, 1.54) is 0 Å². The fourth-order valence-electron chi connectivity index (χ4n) is 2.55. The van der Waals surface area contributed by atoms with Crippen molar-refractivity contribution in [3.8, 4) is 23.0 Å². The van der Waals surface area contributed by atoms with Gasteiger partial charge < -0.3 is 25.4 Å². The van der Waals surface area contributed by atoms with Gasteiger partial charge in [0.25, 0.3) is 0 Å². The second-order valence-electron chi connectivity index (χ2n) is 6.42. The minimum Gasteiger partial charge on any atom is -0.494 e. The van der Waals surface area contributed by atoms with E-state index in [2.05, 4.69) is 15.5 Å². The van der Waals surface area contributed by atoms with Gasteiger partial charge >= 0.3 is 0 Å². The summed E-state index contributed by atoms with van der Waals surface area (Å²) in [6.45, 7) is 1.91. The molecule has 0 unspecified atom stereocenters. The number of aromatic nitrogens is 2. The maximum atomic E-state index is 5.75. The summed E-state index contributed by atoms with van der Waals surface area (Å²) in [7, 11) is 0. The number of hydrogen-bond donors (Lipinski definition) is 3. The molecule has 1 aromatic heterocycles. The number of ether oxygens (including phenoxy) is 2. The predicted molar refractivity (Wildman–Crippen MR) is 118 cm³/mol. The van der Waals surface area contributed by atoms with Crippen LogP contribution in [0.4, 0.5) is 0 Å². The molecule has 0 aliphatic heterocycles. The van der Waals surface area contributed by atoms with Crippen LogP contribution in [0, 0.1) is 0 Å². The molecule has 3 aromatic rings. The zero-order chi connectivity index (χ0) is 21.0. The molecule has 0 spiro atoms. The molecule has 2 aromatic carbocycles. The van der Waals surface area contributed by atoms with Crippen LogP contribution in [0.15, 0.2) is 59.0 Å². The van der Waals surface area contributed by atoms with Gasteiger partial charge in [-0.3, -0.25) is 5.32 Å². The summed E-state index contributed by atoms with van der Waals surface area (Å²) in [5.74, 6) is 4.24. The number of benzene rings is 2. The Morgan fingerprint density at radius 2 is 1.67 bits per heavy atom. The summed E-state index contributed by atoms with van der Waals surface area (Å²) in [5.41, 5.74) is 11.7. The molecule has 0 fully saturated rings. The Kier molecular flexibility index (Phi) is 8.98. The highest BCUT2D eigenvalue weighted by molar-refractivity contribution is 7.98. The van der Waals surface area contributed by atoms with E-state index in [0.717, 1.165) is 29.2 Å². The minimum absolute atomic E-state index is 0.496. The van der Waals surface area contributed by atoms with Crippen molar-refractivity contribution in [1.29, 1.82) is 0 Å². The Labute approximate surface area is 180 Å². The Morgan fingerprint density at radius 3 is 2.43 bits per heavy atom. The maximum absolute atomic E-state index is 5.75. The van der Waals surface area contributed by atoms with Gasteiger partial charge in [0.05, 0.1) is 19.0 Å². The molecule has 0 saturated heterocycles. The van der Waals surface area contributed by atoms with E-state index < -0.39 is 6.29 Å². The van der Waals surface area contributed by atoms with Crippen LogP contribution in [0.3, 0.4) is 0 Å². The lowest BCUT2D eigenvalue weighted by molar-refractivity contribution is 0.305. The summed E-state index contributed by atoms with van der Waals surface area (Å²) in [6, 6.07) is 17.3. The second-order valence-corrected chi connectivity index (χ2v) is 7.53. The third-order valence-electron chi connectivity index (χ3n) is 4.00. The van der Waals surface area contributed by atoms with E-state index in [1.807, 2.05) is 54.6 Å². The van der Waals surface area contributed by atoms with Crippen LogP contribution in [-0.4, -0.2) is 42.0 Å². The largest absolute Gasteiger partial charge is 0.494 e. The van der Waals surface area contributed by atoms with Gasteiger partial charge in [-0.2, -0.15) is 0 Å². The summed E-state index contributed by atoms with van der Waals surface area (Å²) < 4.78 is 17.1. The summed E-state index contributed by atoms with van der Waals surface area (Å²) in [6.07, 6.45) is 0.317.